The molecule has 0 bridgehead atoms. The number of alkyl halides is 3. The van der Waals surface area contributed by atoms with Gasteiger partial charge in [0.2, 0.25) is 0 Å². The molecule has 3 nitrogen and oxygen atoms in total. The highest BCUT2D eigenvalue weighted by Crippen LogP contribution is 2.23. The van der Waals surface area contributed by atoms with E-state index in [1.807, 2.05) is 0 Å². The van der Waals surface area contributed by atoms with Gasteiger partial charge < -0.3 is 10.1 Å². The lowest BCUT2D eigenvalue weighted by molar-refractivity contribution is -0.274. The van der Waals surface area contributed by atoms with E-state index in [9.17, 15) is 18.0 Å². The Morgan fingerprint density at radius 3 is 2.55 bits per heavy atom. The molecule has 0 radical (unpaired) electrons. The number of nitrogens with one attached hydrogen (secondary N) is 1. The van der Waals surface area contributed by atoms with Gasteiger partial charge in [0.15, 0.2) is 0 Å². The average Bonchev–Trinajstić information content (AvgIpc) is 2.82. The molecule has 0 amide bonds. The quantitative estimate of drug-likeness (QED) is 0.905. The summed E-state index contributed by atoms with van der Waals surface area (Å²) < 4.78 is 39.8. The average molecular weight is 287 g/mol. The molecule has 2 rings (SSSR count). The van der Waals surface area contributed by atoms with Crippen LogP contribution < -0.4 is 10.1 Å². The van der Waals surface area contributed by atoms with Gasteiger partial charge >= 0.3 is 6.36 Å². The van der Waals surface area contributed by atoms with Crippen molar-refractivity contribution in [1.82, 2.24) is 5.32 Å². The van der Waals surface area contributed by atoms with Gasteiger partial charge in [0.1, 0.15) is 11.5 Å². The molecule has 1 aromatic rings. The maximum Gasteiger partial charge on any atom is 0.573 e. The van der Waals surface area contributed by atoms with Crippen LogP contribution in [0.1, 0.15) is 18.4 Å². The van der Waals surface area contributed by atoms with Crippen molar-refractivity contribution in [3.63, 3.8) is 0 Å². The van der Waals surface area contributed by atoms with Gasteiger partial charge in [-0.2, -0.15) is 0 Å². The fourth-order valence-electron chi connectivity index (χ4n) is 2.32. The van der Waals surface area contributed by atoms with E-state index in [1.165, 1.54) is 24.3 Å². The van der Waals surface area contributed by atoms with Crippen LogP contribution >= 0.6 is 0 Å². The van der Waals surface area contributed by atoms with E-state index in [0.29, 0.717) is 17.9 Å². The number of carbonyl (C=O) groups is 1. The first kappa shape index (κ1) is 14.8. The van der Waals surface area contributed by atoms with E-state index in [2.05, 4.69) is 10.1 Å². The molecule has 1 atom stereocenters. The van der Waals surface area contributed by atoms with E-state index in [0.717, 1.165) is 19.5 Å². The smallest absolute Gasteiger partial charge is 0.406 e. The topological polar surface area (TPSA) is 38.3 Å². The number of ether oxygens (including phenoxy) is 1. The molecule has 1 saturated heterocycles. The Bertz CT molecular complexity index is 450. The lowest BCUT2D eigenvalue weighted by Crippen LogP contribution is -2.17. The Morgan fingerprint density at radius 1 is 1.30 bits per heavy atom. The zero-order valence-corrected chi connectivity index (χ0v) is 10.9. The molecular weight excluding hydrogens is 271 g/mol. The molecule has 1 fully saturated rings. The van der Waals surface area contributed by atoms with Gasteiger partial charge in [0, 0.05) is 12.8 Å². The molecule has 1 N–H and O–H groups in total. The maximum absolute atomic E-state index is 12.0. The molecule has 0 aliphatic carbocycles. The van der Waals surface area contributed by atoms with Gasteiger partial charge in [0.25, 0.3) is 0 Å². The molecular formula is C14H16F3NO2. The van der Waals surface area contributed by atoms with Crippen LogP contribution in [0.4, 0.5) is 13.2 Å². The minimum atomic E-state index is -4.69. The number of hydrogen-bond acceptors (Lipinski definition) is 3. The van der Waals surface area contributed by atoms with E-state index in [4.69, 9.17) is 0 Å². The Hall–Kier alpha value is -1.56. The third-order valence-corrected chi connectivity index (χ3v) is 3.24. The first-order chi connectivity index (χ1) is 9.42. The van der Waals surface area contributed by atoms with Gasteiger partial charge in [-0.05, 0) is 43.1 Å². The molecule has 6 heteroatoms. The molecule has 0 aromatic heterocycles. The number of halogens is 3. The van der Waals surface area contributed by atoms with Gasteiger partial charge in [-0.1, -0.05) is 12.1 Å². The van der Waals surface area contributed by atoms with Crippen LogP contribution in [0.15, 0.2) is 24.3 Å². The lowest BCUT2D eigenvalue weighted by Gasteiger charge is -2.10. The summed E-state index contributed by atoms with van der Waals surface area (Å²) in [6.07, 6.45) is -2.91. The highest BCUT2D eigenvalue weighted by molar-refractivity contribution is 5.81. The van der Waals surface area contributed by atoms with Crippen molar-refractivity contribution in [3.05, 3.63) is 29.8 Å². The number of hydrogen-bond donors (Lipinski definition) is 1. The first-order valence-corrected chi connectivity index (χ1v) is 6.49. The maximum atomic E-state index is 12.0. The summed E-state index contributed by atoms with van der Waals surface area (Å²) in [5.41, 5.74) is 0.704. The van der Waals surface area contributed by atoms with Crippen molar-refractivity contribution in [1.29, 1.82) is 0 Å². The first-order valence-electron chi connectivity index (χ1n) is 6.49. The molecule has 110 valence electrons. The second-order valence-corrected chi connectivity index (χ2v) is 4.97. The van der Waals surface area contributed by atoms with Crippen LogP contribution in [-0.4, -0.2) is 25.2 Å². The van der Waals surface area contributed by atoms with Crippen LogP contribution in [0.2, 0.25) is 0 Å². The summed E-state index contributed by atoms with van der Waals surface area (Å²) >= 11 is 0. The fraction of sp³-hybridized carbons (Fsp3) is 0.500. The number of carbonyl (C=O) groups excluding carboxylic acids is 1. The van der Waals surface area contributed by atoms with Gasteiger partial charge in [-0.25, -0.2) is 0 Å². The van der Waals surface area contributed by atoms with Crippen molar-refractivity contribution >= 4 is 5.78 Å². The summed E-state index contributed by atoms with van der Waals surface area (Å²) in [6.45, 7) is 1.81. The highest BCUT2D eigenvalue weighted by atomic mass is 19.4. The predicted octanol–water partition coefficient (Wildman–Crippen LogP) is 2.70. The van der Waals surface area contributed by atoms with Crippen LogP contribution in [0.25, 0.3) is 0 Å². The molecule has 1 aliphatic heterocycles. The van der Waals surface area contributed by atoms with Crippen LogP contribution in [0, 0.1) is 5.92 Å². The molecule has 1 aliphatic rings. The molecule has 0 spiro atoms. The van der Waals surface area contributed by atoms with E-state index in [-0.39, 0.29) is 18.0 Å². The minimum absolute atomic E-state index is 0.114. The fourth-order valence-corrected chi connectivity index (χ4v) is 2.32. The Morgan fingerprint density at radius 2 is 2.00 bits per heavy atom. The standard InChI is InChI=1S/C14H16F3NO2/c15-14(16,17)20-13-3-1-10(2-4-13)7-12(19)8-11-5-6-18-9-11/h1-4,11,18H,5-9H2. The second kappa shape index (κ2) is 6.26. The van der Waals surface area contributed by atoms with Crippen molar-refractivity contribution in [2.75, 3.05) is 13.1 Å². The van der Waals surface area contributed by atoms with E-state index >= 15 is 0 Å². The summed E-state index contributed by atoms with van der Waals surface area (Å²) in [6, 6.07) is 5.44. The Kier molecular flexibility index (Phi) is 4.65. The van der Waals surface area contributed by atoms with Crippen molar-refractivity contribution < 1.29 is 22.7 Å². The van der Waals surface area contributed by atoms with Gasteiger partial charge in [0.05, 0.1) is 0 Å². The number of Topliss-reactive ketones (excluding diaryl/α,β-unsaturated/α-hetero) is 1. The second-order valence-electron chi connectivity index (χ2n) is 4.97. The molecule has 1 heterocycles. The largest absolute Gasteiger partial charge is 0.573 e. The molecule has 1 aromatic carbocycles. The van der Waals surface area contributed by atoms with Crippen molar-refractivity contribution in [2.45, 2.75) is 25.6 Å². The van der Waals surface area contributed by atoms with E-state index < -0.39 is 6.36 Å². The van der Waals surface area contributed by atoms with Crippen LogP contribution in [0.3, 0.4) is 0 Å². The zero-order valence-electron chi connectivity index (χ0n) is 10.9. The van der Waals surface area contributed by atoms with Crippen molar-refractivity contribution in [3.8, 4) is 5.75 Å². The van der Waals surface area contributed by atoms with Crippen molar-refractivity contribution in [2.24, 2.45) is 5.92 Å². The third-order valence-electron chi connectivity index (χ3n) is 3.24. The van der Waals surface area contributed by atoms with Crippen LogP contribution in [-0.2, 0) is 11.2 Å². The Labute approximate surface area is 115 Å². The summed E-state index contributed by atoms with van der Waals surface area (Å²) in [5.74, 6) is 0.229. The lowest BCUT2D eigenvalue weighted by atomic mass is 9.98. The Balaban J connectivity index is 1.85. The van der Waals surface area contributed by atoms with Crippen LogP contribution in [0.5, 0.6) is 5.75 Å². The molecule has 20 heavy (non-hydrogen) atoms. The normalized spacial score (nSPS) is 19.1. The summed E-state index contributed by atoms with van der Waals surface area (Å²) in [5, 5.41) is 3.20. The zero-order chi connectivity index (χ0) is 14.6. The number of rotatable bonds is 5. The molecule has 1 unspecified atom stereocenters. The highest BCUT2D eigenvalue weighted by Gasteiger charge is 2.31. The molecule has 0 saturated carbocycles. The number of benzene rings is 1. The third kappa shape index (κ3) is 4.85. The minimum Gasteiger partial charge on any atom is -0.406 e. The number of ketones is 1. The monoisotopic (exact) mass is 287 g/mol. The van der Waals surface area contributed by atoms with Gasteiger partial charge in [-0.15, -0.1) is 13.2 Å². The predicted molar refractivity (Wildman–Crippen MR) is 67.4 cm³/mol. The van der Waals surface area contributed by atoms with Gasteiger partial charge in [-0.3, -0.25) is 4.79 Å². The summed E-state index contributed by atoms with van der Waals surface area (Å²) in [4.78, 5) is 11.8. The van der Waals surface area contributed by atoms with E-state index in [1.54, 1.807) is 0 Å². The SMILES string of the molecule is O=C(Cc1ccc(OC(F)(F)F)cc1)CC1CCNC1. The summed E-state index contributed by atoms with van der Waals surface area (Å²) in [7, 11) is 0.